The SMILES string of the molecule is CCCCN(Cc1ccccc1)C(=O)Cn1nnnc1CN(C)C(C)C. The van der Waals surface area contributed by atoms with E-state index in [0.717, 1.165) is 24.9 Å². The van der Waals surface area contributed by atoms with Crippen LogP contribution in [-0.2, 0) is 24.4 Å². The molecule has 26 heavy (non-hydrogen) atoms. The van der Waals surface area contributed by atoms with Crippen molar-refractivity contribution in [3.05, 3.63) is 41.7 Å². The Morgan fingerprint density at radius 3 is 2.58 bits per heavy atom. The van der Waals surface area contributed by atoms with Gasteiger partial charge in [-0.15, -0.1) is 5.10 Å². The molecule has 0 atom stereocenters. The highest BCUT2D eigenvalue weighted by atomic mass is 16.2. The van der Waals surface area contributed by atoms with E-state index < -0.39 is 0 Å². The molecule has 1 aromatic heterocycles. The first-order chi connectivity index (χ1) is 12.5. The first kappa shape index (κ1) is 20.0. The van der Waals surface area contributed by atoms with Crippen molar-refractivity contribution >= 4 is 5.91 Å². The van der Waals surface area contributed by atoms with E-state index in [1.165, 1.54) is 0 Å². The molecular formula is C19H30N6O. The van der Waals surface area contributed by atoms with Gasteiger partial charge >= 0.3 is 0 Å². The summed E-state index contributed by atoms with van der Waals surface area (Å²) in [4.78, 5) is 16.9. The average molecular weight is 358 g/mol. The van der Waals surface area contributed by atoms with Crippen molar-refractivity contribution in [1.82, 2.24) is 30.0 Å². The second-order valence-electron chi connectivity index (χ2n) is 6.92. The van der Waals surface area contributed by atoms with Crippen molar-refractivity contribution < 1.29 is 4.79 Å². The molecule has 0 saturated heterocycles. The summed E-state index contributed by atoms with van der Waals surface area (Å²) in [6.45, 7) is 8.51. The van der Waals surface area contributed by atoms with Gasteiger partial charge in [0.05, 0.1) is 6.54 Å². The average Bonchev–Trinajstić information content (AvgIpc) is 3.05. The predicted molar refractivity (Wildman–Crippen MR) is 101 cm³/mol. The Morgan fingerprint density at radius 1 is 1.19 bits per heavy atom. The molecule has 0 N–H and O–H groups in total. The van der Waals surface area contributed by atoms with E-state index in [1.807, 2.05) is 42.3 Å². The second kappa shape index (κ2) is 10.0. The molecule has 1 amide bonds. The van der Waals surface area contributed by atoms with E-state index in [9.17, 15) is 4.79 Å². The standard InChI is InChI=1S/C19H30N6O/c1-5-6-12-24(13-17-10-8-7-9-11-17)19(26)15-25-18(20-21-22-25)14-23(4)16(2)3/h7-11,16H,5-6,12-15H2,1-4H3. The Morgan fingerprint density at radius 2 is 1.92 bits per heavy atom. The molecule has 7 nitrogen and oxygen atoms in total. The molecule has 0 unspecified atom stereocenters. The molecule has 1 aromatic carbocycles. The number of carbonyl (C=O) groups excluding carboxylic acids is 1. The fraction of sp³-hybridized carbons (Fsp3) is 0.579. The monoisotopic (exact) mass is 358 g/mol. The molecule has 0 radical (unpaired) electrons. The molecule has 0 saturated carbocycles. The number of carbonyl (C=O) groups is 1. The van der Waals surface area contributed by atoms with Gasteiger partial charge in [0.15, 0.2) is 5.82 Å². The first-order valence-corrected chi connectivity index (χ1v) is 9.28. The Hall–Kier alpha value is -2.28. The van der Waals surface area contributed by atoms with Crippen LogP contribution in [0, 0.1) is 0 Å². The molecule has 0 aliphatic heterocycles. The van der Waals surface area contributed by atoms with Crippen molar-refractivity contribution in [3.8, 4) is 0 Å². The Kier molecular flexibility index (Phi) is 7.72. The van der Waals surface area contributed by atoms with Gasteiger partial charge in [-0.05, 0) is 43.3 Å². The number of benzene rings is 1. The molecule has 2 aromatic rings. The second-order valence-corrected chi connectivity index (χ2v) is 6.92. The van der Waals surface area contributed by atoms with E-state index in [1.54, 1.807) is 4.68 Å². The highest BCUT2D eigenvalue weighted by Crippen LogP contribution is 2.08. The van der Waals surface area contributed by atoms with Crippen LogP contribution in [0.4, 0.5) is 0 Å². The maximum absolute atomic E-state index is 12.9. The van der Waals surface area contributed by atoms with Gasteiger partial charge in [-0.3, -0.25) is 9.69 Å². The van der Waals surface area contributed by atoms with Crippen molar-refractivity contribution in [2.24, 2.45) is 0 Å². The van der Waals surface area contributed by atoms with E-state index in [4.69, 9.17) is 0 Å². The number of rotatable bonds is 10. The number of hydrogen-bond acceptors (Lipinski definition) is 5. The van der Waals surface area contributed by atoms with Crippen LogP contribution in [-0.4, -0.2) is 55.5 Å². The van der Waals surface area contributed by atoms with E-state index >= 15 is 0 Å². The number of amides is 1. The van der Waals surface area contributed by atoms with E-state index in [0.29, 0.717) is 25.0 Å². The van der Waals surface area contributed by atoms with Gasteiger partial charge in [0.25, 0.3) is 0 Å². The smallest absolute Gasteiger partial charge is 0.244 e. The Bertz CT molecular complexity index is 670. The predicted octanol–water partition coefficient (Wildman–Crippen LogP) is 2.34. The summed E-state index contributed by atoms with van der Waals surface area (Å²) in [7, 11) is 2.02. The summed E-state index contributed by atoms with van der Waals surface area (Å²) >= 11 is 0. The van der Waals surface area contributed by atoms with Crippen LogP contribution in [0.3, 0.4) is 0 Å². The van der Waals surface area contributed by atoms with Gasteiger partial charge in [0, 0.05) is 19.1 Å². The molecule has 2 rings (SSSR count). The van der Waals surface area contributed by atoms with Gasteiger partial charge in [0.2, 0.25) is 5.91 Å². The minimum absolute atomic E-state index is 0.0445. The summed E-state index contributed by atoms with van der Waals surface area (Å²) in [5.74, 6) is 0.757. The Labute approximate surface area is 156 Å². The van der Waals surface area contributed by atoms with Crippen molar-refractivity contribution in [1.29, 1.82) is 0 Å². The van der Waals surface area contributed by atoms with E-state index in [2.05, 4.69) is 41.2 Å². The van der Waals surface area contributed by atoms with E-state index in [-0.39, 0.29) is 12.5 Å². The summed E-state index contributed by atoms with van der Waals surface area (Å²) in [6, 6.07) is 10.5. The molecule has 0 bridgehead atoms. The maximum Gasteiger partial charge on any atom is 0.244 e. The zero-order valence-electron chi connectivity index (χ0n) is 16.3. The van der Waals surface area contributed by atoms with Gasteiger partial charge < -0.3 is 4.90 Å². The summed E-state index contributed by atoms with van der Waals surface area (Å²) < 4.78 is 1.62. The van der Waals surface area contributed by atoms with Gasteiger partial charge in [-0.2, -0.15) is 0 Å². The third-order valence-corrected chi connectivity index (χ3v) is 4.51. The normalized spacial score (nSPS) is 11.3. The van der Waals surface area contributed by atoms with Crippen LogP contribution >= 0.6 is 0 Å². The molecule has 0 aliphatic carbocycles. The molecule has 0 spiro atoms. The number of nitrogens with zero attached hydrogens (tertiary/aromatic N) is 6. The third kappa shape index (κ3) is 5.91. The lowest BCUT2D eigenvalue weighted by Gasteiger charge is -2.23. The topological polar surface area (TPSA) is 67.2 Å². The quantitative estimate of drug-likeness (QED) is 0.652. The van der Waals surface area contributed by atoms with Crippen molar-refractivity contribution in [2.45, 2.75) is 59.3 Å². The number of tetrazole rings is 1. The van der Waals surface area contributed by atoms with Crippen LogP contribution in [0.1, 0.15) is 45.0 Å². The number of unbranched alkanes of at least 4 members (excludes halogenated alkanes) is 1. The molecule has 7 heteroatoms. The largest absolute Gasteiger partial charge is 0.337 e. The fourth-order valence-electron chi connectivity index (χ4n) is 2.54. The van der Waals surface area contributed by atoms with Crippen LogP contribution in [0.2, 0.25) is 0 Å². The molecule has 1 heterocycles. The lowest BCUT2D eigenvalue weighted by molar-refractivity contribution is -0.132. The molecule has 142 valence electrons. The van der Waals surface area contributed by atoms with Crippen molar-refractivity contribution in [3.63, 3.8) is 0 Å². The Balaban J connectivity index is 2.06. The zero-order chi connectivity index (χ0) is 18.9. The van der Waals surface area contributed by atoms with Gasteiger partial charge in [-0.25, -0.2) is 4.68 Å². The zero-order valence-corrected chi connectivity index (χ0v) is 16.3. The minimum atomic E-state index is 0.0445. The van der Waals surface area contributed by atoms with Crippen LogP contribution < -0.4 is 0 Å². The maximum atomic E-state index is 12.9. The lowest BCUT2D eigenvalue weighted by atomic mass is 10.2. The number of hydrogen-bond donors (Lipinski definition) is 0. The summed E-state index contributed by atoms with van der Waals surface area (Å²) in [5.41, 5.74) is 1.13. The fourth-order valence-corrected chi connectivity index (χ4v) is 2.54. The van der Waals surface area contributed by atoms with Gasteiger partial charge in [-0.1, -0.05) is 43.7 Å². The highest BCUT2D eigenvalue weighted by Gasteiger charge is 2.18. The number of aromatic nitrogens is 4. The van der Waals surface area contributed by atoms with Crippen LogP contribution in [0.25, 0.3) is 0 Å². The lowest BCUT2D eigenvalue weighted by Crippen LogP contribution is -2.35. The van der Waals surface area contributed by atoms with Crippen LogP contribution in [0.15, 0.2) is 30.3 Å². The van der Waals surface area contributed by atoms with Crippen LogP contribution in [0.5, 0.6) is 0 Å². The highest BCUT2D eigenvalue weighted by molar-refractivity contribution is 5.75. The van der Waals surface area contributed by atoms with Crippen molar-refractivity contribution in [2.75, 3.05) is 13.6 Å². The minimum Gasteiger partial charge on any atom is -0.337 e. The first-order valence-electron chi connectivity index (χ1n) is 9.28. The molecule has 0 fully saturated rings. The molecule has 0 aliphatic rings. The summed E-state index contributed by atoms with van der Waals surface area (Å²) in [5, 5.41) is 11.9. The third-order valence-electron chi connectivity index (χ3n) is 4.51. The molecular weight excluding hydrogens is 328 g/mol. The summed E-state index contributed by atoms with van der Waals surface area (Å²) in [6.07, 6.45) is 2.03. The van der Waals surface area contributed by atoms with Gasteiger partial charge in [0.1, 0.15) is 6.54 Å².